The van der Waals surface area contributed by atoms with E-state index in [4.69, 9.17) is 14.4 Å². The van der Waals surface area contributed by atoms with Crippen LogP contribution in [0, 0.1) is 0 Å². The standard InChI is InChI=1S/C16H19N3O5S/c20-14(19-6-7-23-10-11(19)9-15(21)22)5-1-4-13-17-16(18-24-13)12-3-2-8-25-12/h2-3,8,11H,1,4-7,9-10H2,(H,21,22). The molecule has 0 radical (unpaired) electrons. The second kappa shape index (κ2) is 8.21. The quantitative estimate of drug-likeness (QED) is 0.798. The molecular weight excluding hydrogens is 346 g/mol. The molecule has 1 aliphatic rings. The van der Waals surface area contributed by atoms with E-state index in [1.165, 1.54) is 11.3 Å². The molecule has 1 aliphatic heterocycles. The summed E-state index contributed by atoms with van der Waals surface area (Å²) < 4.78 is 10.5. The number of hydrogen-bond acceptors (Lipinski definition) is 7. The van der Waals surface area contributed by atoms with Crippen LogP contribution in [0.3, 0.4) is 0 Å². The van der Waals surface area contributed by atoms with E-state index in [1.54, 1.807) is 4.90 Å². The van der Waals surface area contributed by atoms with Crippen LogP contribution in [0.1, 0.15) is 25.2 Å². The van der Waals surface area contributed by atoms with Gasteiger partial charge in [-0.2, -0.15) is 4.98 Å². The molecule has 2 aromatic heterocycles. The zero-order valence-electron chi connectivity index (χ0n) is 13.6. The lowest BCUT2D eigenvalue weighted by Gasteiger charge is -2.34. The molecule has 0 aromatic carbocycles. The van der Waals surface area contributed by atoms with Gasteiger partial charge in [0.15, 0.2) is 0 Å². The van der Waals surface area contributed by atoms with E-state index in [9.17, 15) is 9.59 Å². The topological polar surface area (TPSA) is 106 Å². The maximum Gasteiger partial charge on any atom is 0.305 e. The fourth-order valence-electron chi connectivity index (χ4n) is 2.75. The summed E-state index contributed by atoms with van der Waals surface area (Å²) >= 11 is 1.54. The van der Waals surface area contributed by atoms with Gasteiger partial charge in [0.25, 0.3) is 0 Å². The minimum absolute atomic E-state index is 0.0625. The number of hydrogen-bond donors (Lipinski definition) is 1. The average molecular weight is 365 g/mol. The second-order valence-electron chi connectivity index (χ2n) is 5.76. The smallest absolute Gasteiger partial charge is 0.305 e. The molecule has 1 amide bonds. The zero-order chi connectivity index (χ0) is 17.6. The highest BCUT2D eigenvalue weighted by molar-refractivity contribution is 7.13. The first-order valence-electron chi connectivity index (χ1n) is 8.09. The molecule has 0 spiro atoms. The Labute approximate surface area is 148 Å². The SMILES string of the molecule is O=C(O)CC1COCCN1C(=O)CCCc1nc(-c2cccs2)no1. The molecular formula is C16H19N3O5S. The molecule has 1 unspecified atom stereocenters. The van der Waals surface area contributed by atoms with E-state index in [0.717, 1.165) is 4.88 Å². The van der Waals surface area contributed by atoms with E-state index < -0.39 is 12.0 Å². The predicted molar refractivity (Wildman–Crippen MR) is 89.1 cm³/mol. The van der Waals surface area contributed by atoms with Crippen molar-refractivity contribution in [2.75, 3.05) is 19.8 Å². The molecule has 1 fully saturated rings. The van der Waals surface area contributed by atoms with Gasteiger partial charge in [0, 0.05) is 19.4 Å². The molecule has 0 bridgehead atoms. The number of nitrogens with zero attached hydrogens (tertiary/aromatic N) is 3. The average Bonchev–Trinajstić information content (AvgIpc) is 3.26. The fraction of sp³-hybridized carbons (Fsp3) is 0.500. The second-order valence-corrected chi connectivity index (χ2v) is 6.70. The number of amides is 1. The van der Waals surface area contributed by atoms with E-state index >= 15 is 0 Å². The van der Waals surface area contributed by atoms with Gasteiger partial charge in [-0.25, -0.2) is 0 Å². The molecule has 1 atom stereocenters. The highest BCUT2D eigenvalue weighted by Gasteiger charge is 2.28. The van der Waals surface area contributed by atoms with E-state index in [2.05, 4.69) is 10.1 Å². The van der Waals surface area contributed by atoms with Crippen LogP contribution in [0.25, 0.3) is 10.7 Å². The first kappa shape index (κ1) is 17.6. The van der Waals surface area contributed by atoms with E-state index in [-0.39, 0.29) is 18.9 Å². The molecule has 25 heavy (non-hydrogen) atoms. The molecule has 1 N–H and O–H groups in total. The number of carbonyl (C=O) groups is 2. The van der Waals surface area contributed by atoms with Gasteiger partial charge in [-0.1, -0.05) is 11.2 Å². The van der Waals surface area contributed by atoms with Crippen molar-refractivity contribution in [3.63, 3.8) is 0 Å². The van der Waals surface area contributed by atoms with Crippen LogP contribution >= 0.6 is 11.3 Å². The fourth-order valence-corrected chi connectivity index (χ4v) is 3.40. The number of carboxylic acid groups (broad SMARTS) is 1. The van der Waals surface area contributed by atoms with Crippen molar-refractivity contribution in [3.8, 4) is 10.7 Å². The third kappa shape index (κ3) is 4.64. The summed E-state index contributed by atoms with van der Waals surface area (Å²) in [5, 5.41) is 14.8. The molecule has 1 saturated heterocycles. The number of aryl methyl sites for hydroxylation is 1. The Bertz CT molecular complexity index is 715. The maximum atomic E-state index is 12.4. The summed E-state index contributed by atoms with van der Waals surface area (Å²) in [7, 11) is 0. The Morgan fingerprint density at radius 1 is 1.44 bits per heavy atom. The highest BCUT2D eigenvalue weighted by Crippen LogP contribution is 2.21. The summed E-state index contributed by atoms with van der Waals surface area (Å²) in [5.41, 5.74) is 0. The number of thiophene rings is 1. The summed E-state index contributed by atoms with van der Waals surface area (Å²) in [6.07, 6.45) is 1.30. The summed E-state index contributed by atoms with van der Waals surface area (Å²) in [5.74, 6) is 0.0686. The number of ether oxygens (including phenoxy) is 1. The summed E-state index contributed by atoms with van der Waals surface area (Å²) in [6.45, 7) is 1.14. The van der Waals surface area contributed by atoms with Crippen molar-refractivity contribution in [2.45, 2.75) is 31.7 Å². The number of morpholine rings is 1. The van der Waals surface area contributed by atoms with Crippen molar-refractivity contribution in [1.29, 1.82) is 0 Å². The number of rotatable bonds is 7. The lowest BCUT2D eigenvalue weighted by atomic mass is 10.1. The van der Waals surface area contributed by atoms with Crippen LogP contribution < -0.4 is 0 Å². The Morgan fingerprint density at radius 3 is 3.08 bits per heavy atom. The van der Waals surface area contributed by atoms with Gasteiger partial charge < -0.3 is 19.3 Å². The summed E-state index contributed by atoms with van der Waals surface area (Å²) in [4.78, 5) is 30.2. The normalized spacial score (nSPS) is 17.6. The molecule has 3 rings (SSSR count). The van der Waals surface area contributed by atoms with Gasteiger partial charge in [0.1, 0.15) is 0 Å². The van der Waals surface area contributed by atoms with Crippen molar-refractivity contribution in [2.24, 2.45) is 0 Å². The lowest BCUT2D eigenvalue weighted by molar-refractivity contribution is -0.146. The maximum absolute atomic E-state index is 12.4. The van der Waals surface area contributed by atoms with Gasteiger partial charge in [-0.3, -0.25) is 9.59 Å². The minimum Gasteiger partial charge on any atom is -0.481 e. The van der Waals surface area contributed by atoms with Crippen LogP contribution in [-0.2, 0) is 20.7 Å². The van der Waals surface area contributed by atoms with Crippen LogP contribution in [0.4, 0.5) is 0 Å². The molecule has 2 aromatic rings. The van der Waals surface area contributed by atoms with Gasteiger partial charge in [0.2, 0.25) is 17.6 Å². The van der Waals surface area contributed by atoms with Crippen molar-refractivity contribution in [3.05, 3.63) is 23.4 Å². The molecule has 8 nitrogen and oxygen atoms in total. The monoisotopic (exact) mass is 365 g/mol. The van der Waals surface area contributed by atoms with Gasteiger partial charge >= 0.3 is 5.97 Å². The first-order valence-corrected chi connectivity index (χ1v) is 8.97. The molecule has 134 valence electrons. The van der Waals surface area contributed by atoms with Gasteiger partial charge in [0.05, 0.1) is 30.6 Å². The lowest BCUT2D eigenvalue weighted by Crippen LogP contribution is -2.49. The van der Waals surface area contributed by atoms with Gasteiger partial charge in [-0.15, -0.1) is 11.3 Å². The Morgan fingerprint density at radius 2 is 2.32 bits per heavy atom. The van der Waals surface area contributed by atoms with Gasteiger partial charge in [-0.05, 0) is 17.9 Å². The van der Waals surface area contributed by atoms with Crippen molar-refractivity contribution < 1.29 is 24.0 Å². The molecule has 3 heterocycles. The molecule has 0 saturated carbocycles. The van der Waals surface area contributed by atoms with Crippen LogP contribution in [-0.4, -0.2) is 57.8 Å². The van der Waals surface area contributed by atoms with Crippen LogP contribution in [0.5, 0.6) is 0 Å². The number of carbonyl (C=O) groups excluding carboxylic acids is 1. The Kier molecular flexibility index (Phi) is 5.77. The molecule has 0 aliphatic carbocycles. The molecule has 9 heteroatoms. The summed E-state index contributed by atoms with van der Waals surface area (Å²) in [6, 6.07) is 3.45. The first-order chi connectivity index (χ1) is 12.1. The van der Waals surface area contributed by atoms with E-state index in [1.807, 2.05) is 17.5 Å². The van der Waals surface area contributed by atoms with Crippen molar-refractivity contribution in [1.82, 2.24) is 15.0 Å². The Hall–Kier alpha value is -2.26. The number of aliphatic carboxylic acids is 1. The zero-order valence-corrected chi connectivity index (χ0v) is 14.4. The highest BCUT2D eigenvalue weighted by atomic mass is 32.1. The van der Waals surface area contributed by atoms with Crippen molar-refractivity contribution >= 4 is 23.2 Å². The minimum atomic E-state index is -0.930. The third-order valence-corrected chi connectivity index (χ3v) is 4.81. The van der Waals surface area contributed by atoms with Crippen LogP contribution in [0.15, 0.2) is 22.0 Å². The Balaban J connectivity index is 1.49. The van der Waals surface area contributed by atoms with Crippen LogP contribution in [0.2, 0.25) is 0 Å². The van der Waals surface area contributed by atoms with E-state index in [0.29, 0.717) is 44.1 Å². The number of aromatic nitrogens is 2. The number of carboxylic acids is 1. The third-order valence-electron chi connectivity index (χ3n) is 3.95. The predicted octanol–water partition coefficient (Wildman–Crippen LogP) is 1.82. The largest absolute Gasteiger partial charge is 0.481 e.